The zero-order valence-electron chi connectivity index (χ0n) is 10.5. The Morgan fingerprint density at radius 2 is 1.94 bits per heavy atom. The molecule has 0 spiro atoms. The van der Waals surface area contributed by atoms with Gasteiger partial charge in [0.05, 0.1) is 10.2 Å². The van der Waals surface area contributed by atoms with Crippen molar-refractivity contribution in [1.29, 1.82) is 0 Å². The number of ether oxygens (including phenoxy) is 4. The number of rotatable bonds is 7. The number of carbonyl (C=O) groups is 1. The predicted octanol–water partition coefficient (Wildman–Crippen LogP) is -0.567. The molecule has 6 heteroatoms. The molecule has 0 radical (unpaired) electrons. The van der Waals surface area contributed by atoms with E-state index in [9.17, 15) is 4.79 Å². The number of esters is 1. The Hall–Kier alpha value is -0.693. The summed E-state index contributed by atoms with van der Waals surface area (Å²) in [7, 11) is 5.20. The van der Waals surface area contributed by atoms with Gasteiger partial charge in [0.2, 0.25) is 0 Å². The summed E-state index contributed by atoms with van der Waals surface area (Å²) in [6.07, 6.45) is 2.54. The first-order chi connectivity index (χ1) is 7.53. The fourth-order valence-electron chi connectivity index (χ4n) is 1.12. The third kappa shape index (κ3) is 4.44. The van der Waals surface area contributed by atoms with Gasteiger partial charge in [-0.05, 0) is 6.92 Å². The molecule has 0 heterocycles. The van der Waals surface area contributed by atoms with Gasteiger partial charge in [-0.1, -0.05) is 6.08 Å². The van der Waals surface area contributed by atoms with Crippen LogP contribution < -0.4 is 0 Å². The molecule has 0 aromatic rings. The second-order valence-corrected chi connectivity index (χ2v) is 4.67. The lowest BCUT2D eigenvalue weighted by molar-refractivity contribution is -0.219. The quantitative estimate of drug-likeness (QED) is 0.261. The molecule has 0 saturated heterocycles. The Morgan fingerprint density at radius 3 is 2.31 bits per heavy atom. The largest absolute Gasteiger partial charge is 0.460 e. The highest BCUT2D eigenvalue weighted by atomic mass is 28.1. The van der Waals surface area contributed by atoms with Crippen molar-refractivity contribution in [2.75, 3.05) is 27.9 Å². The normalized spacial score (nSPS) is 14.2. The molecule has 0 saturated carbocycles. The zero-order valence-corrected chi connectivity index (χ0v) is 12.5. The minimum absolute atomic E-state index is 0.102. The molecule has 0 rings (SSSR count). The Kier molecular flexibility index (Phi) is 7.23. The van der Waals surface area contributed by atoms with Crippen molar-refractivity contribution < 1.29 is 23.7 Å². The lowest BCUT2D eigenvalue weighted by Crippen LogP contribution is -2.50. The Balaban J connectivity index is 4.35. The van der Waals surface area contributed by atoms with Gasteiger partial charge in [-0.15, -0.1) is 0 Å². The summed E-state index contributed by atoms with van der Waals surface area (Å²) in [6.45, 7) is 1.85. The van der Waals surface area contributed by atoms with Crippen LogP contribution in [-0.2, 0) is 23.7 Å². The van der Waals surface area contributed by atoms with Crippen molar-refractivity contribution in [3.05, 3.63) is 12.2 Å². The van der Waals surface area contributed by atoms with Crippen LogP contribution in [0.3, 0.4) is 0 Å². The number of hydrogen-bond donors (Lipinski definition) is 0. The second kappa shape index (κ2) is 7.56. The van der Waals surface area contributed by atoms with Crippen molar-refractivity contribution in [3.63, 3.8) is 0 Å². The lowest BCUT2D eigenvalue weighted by atomic mass is 10.3. The Morgan fingerprint density at radius 1 is 1.38 bits per heavy atom. The van der Waals surface area contributed by atoms with Crippen molar-refractivity contribution in [3.8, 4) is 0 Å². The van der Waals surface area contributed by atoms with Gasteiger partial charge in [-0.25, -0.2) is 4.79 Å². The predicted molar refractivity (Wildman–Crippen MR) is 63.3 cm³/mol. The van der Waals surface area contributed by atoms with Crippen molar-refractivity contribution in [2.45, 2.75) is 18.4 Å². The van der Waals surface area contributed by atoms with E-state index < -0.39 is 17.5 Å². The maximum Gasteiger partial charge on any atom is 0.330 e. The molecule has 0 amide bonds. The van der Waals surface area contributed by atoms with Gasteiger partial charge in [0.25, 0.3) is 0 Å². The van der Waals surface area contributed by atoms with E-state index >= 15 is 0 Å². The molecule has 0 aromatic heterocycles. The monoisotopic (exact) mass is 248 g/mol. The molecule has 0 aliphatic rings. The van der Waals surface area contributed by atoms with E-state index in [0.717, 1.165) is 0 Å². The van der Waals surface area contributed by atoms with E-state index in [1.54, 1.807) is 13.0 Å². The molecule has 0 bridgehead atoms. The molecular weight excluding hydrogens is 228 g/mol. The van der Waals surface area contributed by atoms with Crippen LogP contribution in [0, 0.1) is 0 Å². The first-order valence-electron chi connectivity index (χ1n) is 4.96. The van der Waals surface area contributed by atoms with E-state index in [1.165, 1.54) is 27.4 Å². The molecule has 0 N–H and O–H groups in total. The van der Waals surface area contributed by atoms with Crippen molar-refractivity contribution in [2.24, 2.45) is 0 Å². The standard InChI is InChI=1S/C10H20O5Si/c1-5-6-9(11)15-7-8(12-2)10(16,13-3)14-4/h5-6,8H,7H2,1-4,16H3. The summed E-state index contributed by atoms with van der Waals surface area (Å²) in [5.41, 5.74) is -0.801. The number of carbonyl (C=O) groups excluding carboxylic acids is 1. The maximum absolute atomic E-state index is 11.1. The van der Waals surface area contributed by atoms with E-state index in [4.69, 9.17) is 18.9 Å². The van der Waals surface area contributed by atoms with Gasteiger partial charge >= 0.3 is 5.97 Å². The average Bonchev–Trinajstić information content (AvgIpc) is 2.29. The first-order valence-corrected chi connectivity index (χ1v) is 5.96. The summed E-state index contributed by atoms with van der Waals surface area (Å²) < 4.78 is 20.7. The fraction of sp³-hybridized carbons (Fsp3) is 0.700. The summed E-state index contributed by atoms with van der Waals surface area (Å²) in [5.74, 6) is -0.402. The smallest absolute Gasteiger partial charge is 0.330 e. The van der Waals surface area contributed by atoms with E-state index in [1.807, 2.05) is 0 Å². The molecular formula is C10H20O5Si. The Labute approximate surface area is 99.1 Å². The van der Waals surface area contributed by atoms with Crippen molar-refractivity contribution >= 4 is 16.2 Å². The molecule has 1 atom stereocenters. The van der Waals surface area contributed by atoms with Crippen LogP contribution in [0.25, 0.3) is 0 Å². The highest BCUT2D eigenvalue weighted by Crippen LogP contribution is 2.15. The number of hydrogen-bond acceptors (Lipinski definition) is 5. The first kappa shape index (κ1) is 15.3. The Bertz CT molecular complexity index is 237. The molecule has 0 aromatic carbocycles. The van der Waals surface area contributed by atoms with Gasteiger partial charge in [0, 0.05) is 27.4 Å². The molecule has 16 heavy (non-hydrogen) atoms. The highest BCUT2D eigenvalue weighted by Gasteiger charge is 2.35. The van der Waals surface area contributed by atoms with Crippen LogP contribution in [-0.4, -0.2) is 55.7 Å². The van der Waals surface area contributed by atoms with E-state index in [0.29, 0.717) is 10.2 Å². The molecule has 1 unspecified atom stereocenters. The summed E-state index contributed by atoms with van der Waals surface area (Å²) in [5, 5.41) is 0. The summed E-state index contributed by atoms with van der Waals surface area (Å²) in [6, 6.07) is 0. The van der Waals surface area contributed by atoms with Crippen LogP contribution in [0.5, 0.6) is 0 Å². The number of methoxy groups -OCH3 is 3. The lowest BCUT2D eigenvalue weighted by Gasteiger charge is -2.33. The number of allylic oxidation sites excluding steroid dienone is 1. The molecule has 94 valence electrons. The van der Waals surface area contributed by atoms with Gasteiger partial charge in [-0.3, -0.25) is 0 Å². The summed E-state index contributed by atoms with van der Waals surface area (Å²) in [4.78, 5) is 11.1. The van der Waals surface area contributed by atoms with Crippen LogP contribution >= 0.6 is 0 Å². The maximum atomic E-state index is 11.1. The van der Waals surface area contributed by atoms with Gasteiger partial charge in [0.15, 0.2) is 5.41 Å². The molecule has 0 fully saturated rings. The molecule has 0 aliphatic carbocycles. The zero-order chi connectivity index (χ0) is 12.6. The topological polar surface area (TPSA) is 54.0 Å². The SMILES string of the molecule is CC=CC(=O)OCC(OC)C([SiH3])(OC)OC. The van der Waals surface area contributed by atoms with Gasteiger partial charge in [-0.2, -0.15) is 0 Å². The average molecular weight is 248 g/mol. The minimum Gasteiger partial charge on any atom is -0.460 e. The highest BCUT2D eigenvalue weighted by molar-refractivity contribution is 6.13. The fourth-order valence-corrected chi connectivity index (χ4v) is 1.52. The van der Waals surface area contributed by atoms with E-state index in [2.05, 4.69) is 0 Å². The third-order valence-corrected chi connectivity index (χ3v) is 3.82. The summed E-state index contributed by atoms with van der Waals surface area (Å²) >= 11 is 0. The van der Waals surface area contributed by atoms with Crippen LogP contribution in [0.2, 0.25) is 0 Å². The molecule has 0 aliphatic heterocycles. The minimum atomic E-state index is -0.801. The van der Waals surface area contributed by atoms with Crippen LogP contribution in [0.15, 0.2) is 12.2 Å². The van der Waals surface area contributed by atoms with Crippen molar-refractivity contribution in [1.82, 2.24) is 0 Å². The van der Waals surface area contributed by atoms with Crippen LogP contribution in [0.4, 0.5) is 0 Å². The second-order valence-electron chi connectivity index (χ2n) is 3.28. The molecule has 5 nitrogen and oxygen atoms in total. The third-order valence-electron chi connectivity index (χ3n) is 2.36. The van der Waals surface area contributed by atoms with Gasteiger partial charge < -0.3 is 18.9 Å². The van der Waals surface area contributed by atoms with E-state index in [-0.39, 0.29) is 6.61 Å². The van der Waals surface area contributed by atoms with Crippen LogP contribution in [0.1, 0.15) is 6.92 Å². The van der Waals surface area contributed by atoms with Gasteiger partial charge in [0.1, 0.15) is 12.7 Å².